The van der Waals surface area contributed by atoms with E-state index in [1.165, 1.54) is 0 Å². The number of likely N-dealkylation sites (N-methyl/N-ethyl adjacent to an activating group) is 1. The Balaban J connectivity index is 1.91. The standard InChI is InChI=1S/C23H26ClN3O3/c1-4-20(22-25-19-10-8-7-9-18(19)23(29)27(22)6-3)26(5-2)21(28)15-30-17-13-11-16(24)12-14-17/h7-14,20H,4-6,15H2,1-3H3. The van der Waals surface area contributed by atoms with Crippen LogP contribution in [-0.4, -0.2) is 33.5 Å². The van der Waals surface area contributed by atoms with E-state index < -0.39 is 0 Å². The molecule has 1 heterocycles. The molecule has 0 N–H and O–H groups in total. The quantitative estimate of drug-likeness (QED) is 0.532. The van der Waals surface area contributed by atoms with Crippen molar-refractivity contribution in [2.45, 2.75) is 39.8 Å². The van der Waals surface area contributed by atoms with Crippen molar-refractivity contribution in [3.8, 4) is 5.75 Å². The number of carbonyl (C=O) groups is 1. The van der Waals surface area contributed by atoms with Crippen molar-refractivity contribution >= 4 is 28.4 Å². The highest BCUT2D eigenvalue weighted by molar-refractivity contribution is 6.30. The molecule has 0 fully saturated rings. The van der Waals surface area contributed by atoms with Crippen molar-refractivity contribution in [3.05, 3.63) is 69.7 Å². The molecule has 6 nitrogen and oxygen atoms in total. The first-order chi connectivity index (χ1) is 14.5. The molecule has 7 heteroatoms. The molecule has 1 amide bonds. The van der Waals surface area contributed by atoms with Gasteiger partial charge in [0.15, 0.2) is 6.61 Å². The van der Waals surface area contributed by atoms with E-state index in [-0.39, 0.29) is 24.1 Å². The van der Waals surface area contributed by atoms with Crippen LogP contribution < -0.4 is 10.3 Å². The summed E-state index contributed by atoms with van der Waals surface area (Å²) in [6, 6.07) is 13.9. The molecule has 0 saturated carbocycles. The Hall–Kier alpha value is -2.86. The Morgan fingerprint density at radius 2 is 1.83 bits per heavy atom. The van der Waals surface area contributed by atoms with Gasteiger partial charge in [0, 0.05) is 18.1 Å². The van der Waals surface area contributed by atoms with E-state index in [1.807, 2.05) is 39.0 Å². The fourth-order valence-electron chi connectivity index (χ4n) is 3.62. The second-order valence-corrected chi connectivity index (χ2v) is 7.32. The highest BCUT2D eigenvalue weighted by atomic mass is 35.5. The molecule has 0 aliphatic heterocycles. The van der Waals surface area contributed by atoms with Crippen LogP contribution in [0.1, 0.15) is 39.1 Å². The second-order valence-electron chi connectivity index (χ2n) is 6.88. The summed E-state index contributed by atoms with van der Waals surface area (Å²) in [6.45, 7) is 6.68. The molecule has 30 heavy (non-hydrogen) atoms. The van der Waals surface area contributed by atoms with Crippen LogP contribution >= 0.6 is 11.6 Å². The summed E-state index contributed by atoms with van der Waals surface area (Å²) in [4.78, 5) is 32.5. The molecule has 3 rings (SSSR count). The molecular weight excluding hydrogens is 402 g/mol. The van der Waals surface area contributed by atoms with E-state index in [9.17, 15) is 9.59 Å². The molecule has 1 aromatic heterocycles. The third kappa shape index (κ3) is 4.49. The number of hydrogen-bond acceptors (Lipinski definition) is 4. The minimum Gasteiger partial charge on any atom is -0.484 e. The van der Waals surface area contributed by atoms with Gasteiger partial charge in [-0.15, -0.1) is 0 Å². The topological polar surface area (TPSA) is 64.4 Å². The number of rotatable bonds is 8. The molecule has 0 aliphatic carbocycles. The highest BCUT2D eigenvalue weighted by Gasteiger charge is 2.27. The summed E-state index contributed by atoms with van der Waals surface area (Å²) in [5.74, 6) is 1.01. The first kappa shape index (κ1) is 21.8. The van der Waals surface area contributed by atoms with Gasteiger partial charge in [-0.25, -0.2) is 4.98 Å². The number of para-hydroxylation sites is 1. The van der Waals surface area contributed by atoms with Crippen LogP contribution in [0.25, 0.3) is 10.9 Å². The third-order valence-electron chi connectivity index (χ3n) is 5.11. The van der Waals surface area contributed by atoms with Gasteiger partial charge < -0.3 is 9.64 Å². The number of carbonyl (C=O) groups excluding carboxylic acids is 1. The Kier molecular flexibility index (Phi) is 7.11. The van der Waals surface area contributed by atoms with E-state index in [0.717, 1.165) is 0 Å². The van der Waals surface area contributed by atoms with Crippen molar-refractivity contribution in [2.75, 3.05) is 13.2 Å². The first-order valence-corrected chi connectivity index (χ1v) is 10.5. The molecule has 1 unspecified atom stereocenters. The van der Waals surface area contributed by atoms with Gasteiger partial charge in [-0.05, 0) is 56.7 Å². The molecule has 0 radical (unpaired) electrons. The molecule has 1 atom stereocenters. The smallest absolute Gasteiger partial charge is 0.261 e. The molecule has 158 valence electrons. The first-order valence-electron chi connectivity index (χ1n) is 10.2. The van der Waals surface area contributed by atoms with Gasteiger partial charge in [0.05, 0.1) is 16.9 Å². The van der Waals surface area contributed by atoms with E-state index in [0.29, 0.717) is 47.0 Å². The zero-order valence-corrected chi connectivity index (χ0v) is 18.2. The normalized spacial score (nSPS) is 12.0. The summed E-state index contributed by atoms with van der Waals surface area (Å²) in [7, 11) is 0. The SMILES string of the molecule is CCC(c1nc2ccccc2c(=O)n1CC)N(CC)C(=O)COc1ccc(Cl)cc1. The van der Waals surface area contributed by atoms with Gasteiger partial charge in [0.1, 0.15) is 11.6 Å². The number of nitrogens with zero attached hydrogens (tertiary/aromatic N) is 3. The van der Waals surface area contributed by atoms with Crippen molar-refractivity contribution < 1.29 is 9.53 Å². The van der Waals surface area contributed by atoms with Crippen LogP contribution in [0.15, 0.2) is 53.3 Å². The Labute approximate surface area is 181 Å². The van der Waals surface area contributed by atoms with Gasteiger partial charge >= 0.3 is 0 Å². The molecular formula is C23H26ClN3O3. The minimum atomic E-state index is -0.325. The van der Waals surface area contributed by atoms with Crippen LogP contribution in [0.5, 0.6) is 5.75 Å². The van der Waals surface area contributed by atoms with Crippen LogP contribution in [0.2, 0.25) is 5.02 Å². The predicted octanol–water partition coefficient (Wildman–Crippen LogP) is 4.45. The van der Waals surface area contributed by atoms with E-state index in [4.69, 9.17) is 21.3 Å². The third-order valence-corrected chi connectivity index (χ3v) is 5.36. The monoisotopic (exact) mass is 427 g/mol. The van der Waals surface area contributed by atoms with Crippen LogP contribution in [0, 0.1) is 0 Å². The summed E-state index contributed by atoms with van der Waals surface area (Å²) in [5, 5.41) is 1.19. The number of fused-ring (bicyclic) bond motifs is 1. The van der Waals surface area contributed by atoms with Gasteiger partial charge in [-0.1, -0.05) is 30.7 Å². The van der Waals surface area contributed by atoms with E-state index in [1.54, 1.807) is 39.8 Å². The maximum absolute atomic E-state index is 13.0. The molecule has 0 saturated heterocycles. The average molecular weight is 428 g/mol. The summed E-state index contributed by atoms with van der Waals surface area (Å²) in [5.41, 5.74) is 0.555. The fraction of sp³-hybridized carbons (Fsp3) is 0.348. The Bertz CT molecular complexity index is 1080. The van der Waals surface area contributed by atoms with Crippen molar-refractivity contribution in [1.29, 1.82) is 0 Å². The van der Waals surface area contributed by atoms with Gasteiger partial charge in [0.2, 0.25) is 0 Å². The number of amides is 1. The number of aromatic nitrogens is 2. The lowest BCUT2D eigenvalue weighted by atomic mass is 10.1. The number of benzene rings is 2. The lowest BCUT2D eigenvalue weighted by molar-refractivity contribution is -0.136. The van der Waals surface area contributed by atoms with Crippen LogP contribution in [0.4, 0.5) is 0 Å². The summed E-state index contributed by atoms with van der Waals surface area (Å²) < 4.78 is 7.31. The zero-order chi connectivity index (χ0) is 21.7. The number of ether oxygens (including phenoxy) is 1. The molecule has 0 spiro atoms. The van der Waals surface area contributed by atoms with Gasteiger partial charge in [-0.2, -0.15) is 0 Å². The van der Waals surface area contributed by atoms with Crippen LogP contribution in [-0.2, 0) is 11.3 Å². The lowest BCUT2D eigenvalue weighted by Gasteiger charge is -2.31. The van der Waals surface area contributed by atoms with E-state index >= 15 is 0 Å². The van der Waals surface area contributed by atoms with Crippen LogP contribution in [0.3, 0.4) is 0 Å². The predicted molar refractivity (Wildman–Crippen MR) is 119 cm³/mol. The number of hydrogen-bond donors (Lipinski definition) is 0. The van der Waals surface area contributed by atoms with Gasteiger partial charge in [-0.3, -0.25) is 14.2 Å². The second kappa shape index (κ2) is 9.76. The maximum Gasteiger partial charge on any atom is 0.261 e. The molecule has 3 aromatic rings. The average Bonchev–Trinajstić information content (AvgIpc) is 2.76. The fourth-order valence-corrected chi connectivity index (χ4v) is 3.74. The Morgan fingerprint density at radius 3 is 2.47 bits per heavy atom. The molecule has 0 bridgehead atoms. The summed E-state index contributed by atoms with van der Waals surface area (Å²) in [6.07, 6.45) is 0.630. The largest absolute Gasteiger partial charge is 0.484 e. The highest BCUT2D eigenvalue weighted by Crippen LogP contribution is 2.24. The van der Waals surface area contributed by atoms with Gasteiger partial charge in [0.25, 0.3) is 11.5 Å². The maximum atomic E-state index is 13.0. The Morgan fingerprint density at radius 1 is 1.13 bits per heavy atom. The molecule has 0 aliphatic rings. The number of halogens is 1. The van der Waals surface area contributed by atoms with E-state index in [2.05, 4.69) is 0 Å². The van der Waals surface area contributed by atoms with Crippen molar-refractivity contribution in [3.63, 3.8) is 0 Å². The summed E-state index contributed by atoms with van der Waals surface area (Å²) >= 11 is 5.89. The zero-order valence-electron chi connectivity index (χ0n) is 17.5. The lowest BCUT2D eigenvalue weighted by Crippen LogP contribution is -2.40. The molecule has 2 aromatic carbocycles. The van der Waals surface area contributed by atoms with Crippen molar-refractivity contribution in [1.82, 2.24) is 14.5 Å². The minimum absolute atomic E-state index is 0.0857. The van der Waals surface area contributed by atoms with Crippen molar-refractivity contribution in [2.24, 2.45) is 0 Å².